The Bertz CT molecular complexity index is 625. The largest absolute Gasteiger partial charge is 0.496 e. The summed E-state index contributed by atoms with van der Waals surface area (Å²) < 4.78 is 10.8. The molecule has 0 saturated heterocycles. The van der Waals surface area contributed by atoms with Gasteiger partial charge in [-0.05, 0) is 49.7 Å². The summed E-state index contributed by atoms with van der Waals surface area (Å²) in [7, 11) is 1.62. The van der Waals surface area contributed by atoms with Gasteiger partial charge in [0.15, 0.2) is 0 Å². The van der Waals surface area contributed by atoms with E-state index in [-0.39, 0.29) is 11.9 Å². The van der Waals surface area contributed by atoms with Crippen LogP contribution in [0.1, 0.15) is 22.8 Å². The maximum absolute atomic E-state index is 12.2. The van der Waals surface area contributed by atoms with E-state index in [1.165, 1.54) is 0 Å². The third-order valence-electron chi connectivity index (χ3n) is 3.28. The fraction of sp³-hybridized carbons (Fsp3) is 0.278. The normalized spacial score (nSPS) is 11.6. The van der Waals surface area contributed by atoms with Crippen LogP contribution in [-0.4, -0.2) is 25.7 Å². The van der Waals surface area contributed by atoms with Crippen molar-refractivity contribution in [1.82, 2.24) is 5.32 Å². The molecule has 1 N–H and O–H groups in total. The summed E-state index contributed by atoms with van der Waals surface area (Å²) in [5.74, 6) is 1.45. The predicted molar refractivity (Wildman–Crippen MR) is 86.6 cm³/mol. The highest BCUT2D eigenvalue weighted by atomic mass is 16.5. The number of methoxy groups -OCH3 is 1. The van der Waals surface area contributed by atoms with E-state index in [4.69, 9.17) is 9.47 Å². The zero-order chi connectivity index (χ0) is 15.9. The Morgan fingerprint density at radius 1 is 1.18 bits per heavy atom. The number of carbonyl (C=O) groups is 1. The highest BCUT2D eigenvalue weighted by Crippen LogP contribution is 2.18. The van der Waals surface area contributed by atoms with Gasteiger partial charge in [-0.15, -0.1) is 0 Å². The minimum atomic E-state index is -0.116. The van der Waals surface area contributed by atoms with Crippen molar-refractivity contribution < 1.29 is 14.3 Å². The van der Waals surface area contributed by atoms with E-state index in [1.807, 2.05) is 50.2 Å². The molecule has 0 saturated carbocycles. The Labute approximate surface area is 131 Å². The van der Waals surface area contributed by atoms with Gasteiger partial charge in [0.2, 0.25) is 0 Å². The molecule has 2 aromatic rings. The predicted octanol–water partition coefficient (Wildman–Crippen LogP) is 3.20. The number of aryl methyl sites for hydroxylation is 1. The Kier molecular flexibility index (Phi) is 5.42. The topological polar surface area (TPSA) is 47.6 Å². The van der Waals surface area contributed by atoms with Gasteiger partial charge >= 0.3 is 0 Å². The molecule has 0 radical (unpaired) electrons. The molecular formula is C18H21NO3. The molecule has 0 aliphatic heterocycles. The first-order valence-corrected chi connectivity index (χ1v) is 7.23. The van der Waals surface area contributed by atoms with Gasteiger partial charge in [-0.25, -0.2) is 0 Å². The molecule has 0 aliphatic rings. The molecule has 0 spiro atoms. The van der Waals surface area contributed by atoms with Crippen LogP contribution in [0.25, 0.3) is 0 Å². The fourth-order valence-electron chi connectivity index (χ4n) is 2.11. The monoisotopic (exact) mass is 299 g/mol. The van der Waals surface area contributed by atoms with Gasteiger partial charge in [0.25, 0.3) is 5.91 Å². The average Bonchev–Trinajstić information content (AvgIpc) is 2.53. The lowest BCUT2D eigenvalue weighted by molar-refractivity contribution is 0.0926. The number of hydrogen-bond acceptors (Lipinski definition) is 3. The maximum Gasteiger partial charge on any atom is 0.251 e. The van der Waals surface area contributed by atoms with Crippen LogP contribution in [-0.2, 0) is 0 Å². The van der Waals surface area contributed by atoms with E-state index in [0.29, 0.717) is 12.2 Å². The molecule has 4 nitrogen and oxygen atoms in total. The number of ether oxygens (including phenoxy) is 2. The third kappa shape index (κ3) is 4.25. The van der Waals surface area contributed by atoms with Crippen molar-refractivity contribution in [3.05, 3.63) is 59.7 Å². The average molecular weight is 299 g/mol. The molecule has 4 heteroatoms. The molecule has 0 heterocycles. The molecule has 0 fully saturated rings. The lowest BCUT2D eigenvalue weighted by Gasteiger charge is -2.15. The van der Waals surface area contributed by atoms with Crippen LogP contribution in [0.2, 0.25) is 0 Å². The fourth-order valence-corrected chi connectivity index (χ4v) is 2.11. The number of amides is 1. The lowest BCUT2D eigenvalue weighted by atomic mass is 10.1. The zero-order valence-electron chi connectivity index (χ0n) is 13.1. The van der Waals surface area contributed by atoms with Gasteiger partial charge < -0.3 is 14.8 Å². The van der Waals surface area contributed by atoms with Crippen LogP contribution in [0.3, 0.4) is 0 Å². The molecule has 1 atom stereocenters. The summed E-state index contributed by atoms with van der Waals surface area (Å²) >= 11 is 0. The Morgan fingerprint density at radius 3 is 2.55 bits per heavy atom. The third-order valence-corrected chi connectivity index (χ3v) is 3.28. The molecule has 2 rings (SSSR count). The summed E-state index contributed by atoms with van der Waals surface area (Å²) in [6.07, 6.45) is 0. The summed E-state index contributed by atoms with van der Waals surface area (Å²) in [6, 6.07) is 14.8. The molecule has 0 aromatic heterocycles. The molecule has 116 valence electrons. The van der Waals surface area contributed by atoms with Crippen molar-refractivity contribution in [3.8, 4) is 11.5 Å². The smallest absolute Gasteiger partial charge is 0.251 e. The van der Waals surface area contributed by atoms with Crippen molar-refractivity contribution in [3.63, 3.8) is 0 Å². The highest BCUT2D eigenvalue weighted by molar-refractivity contribution is 5.94. The molecule has 0 bridgehead atoms. The van der Waals surface area contributed by atoms with Crippen LogP contribution >= 0.6 is 0 Å². The van der Waals surface area contributed by atoms with Gasteiger partial charge in [0, 0.05) is 5.56 Å². The first-order chi connectivity index (χ1) is 10.6. The van der Waals surface area contributed by atoms with Crippen LogP contribution in [0.5, 0.6) is 11.5 Å². The van der Waals surface area contributed by atoms with E-state index >= 15 is 0 Å². The van der Waals surface area contributed by atoms with E-state index in [2.05, 4.69) is 5.32 Å². The second-order valence-corrected chi connectivity index (χ2v) is 5.18. The first-order valence-electron chi connectivity index (χ1n) is 7.23. The molecule has 0 unspecified atom stereocenters. The van der Waals surface area contributed by atoms with Crippen molar-refractivity contribution >= 4 is 5.91 Å². The standard InChI is InChI=1S/C18H21NO3/c1-13-11-15(9-10-17(13)21-3)18(20)19-14(2)12-22-16-7-5-4-6-8-16/h4-11,14H,12H2,1-3H3,(H,19,20)/t14-/m0/s1. The van der Waals surface area contributed by atoms with Crippen molar-refractivity contribution in [2.75, 3.05) is 13.7 Å². The Balaban J connectivity index is 1.89. The zero-order valence-corrected chi connectivity index (χ0v) is 13.1. The SMILES string of the molecule is COc1ccc(C(=O)N[C@@H](C)COc2ccccc2)cc1C. The summed E-state index contributed by atoms with van der Waals surface area (Å²) in [6.45, 7) is 4.25. The van der Waals surface area contributed by atoms with Crippen LogP contribution in [0, 0.1) is 6.92 Å². The minimum Gasteiger partial charge on any atom is -0.496 e. The van der Waals surface area contributed by atoms with Crippen molar-refractivity contribution in [2.24, 2.45) is 0 Å². The van der Waals surface area contributed by atoms with Gasteiger partial charge in [-0.2, -0.15) is 0 Å². The molecule has 22 heavy (non-hydrogen) atoms. The Morgan fingerprint density at radius 2 is 1.91 bits per heavy atom. The maximum atomic E-state index is 12.2. The lowest BCUT2D eigenvalue weighted by Crippen LogP contribution is -2.36. The first kappa shape index (κ1) is 15.9. The molecule has 2 aromatic carbocycles. The molecule has 1 amide bonds. The second-order valence-electron chi connectivity index (χ2n) is 5.18. The van der Waals surface area contributed by atoms with Gasteiger partial charge in [0.1, 0.15) is 18.1 Å². The number of hydrogen-bond donors (Lipinski definition) is 1. The highest BCUT2D eigenvalue weighted by Gasteiger charge is 2.11. The molecule has 0 aliphatic carbocycles. The van der Waals surface area contributed by atoms with Crippen molar-refractivity contribution in [1.29, 1.82) is 0 Å². The summed E-state index contributed by atoms with van der Waals surface area (Å²) in [4.78, 5) is 12.2. The Hall–Kier alpha value is -2.49. The van der Waals surface area contributed by atoms with Gasteiger partial charge in [-0.1, -0.05) is 18.2 Å². The quantitative estimate of drug-likeness (QED) is 0.891. The van der Waals surface area contributed by atoms with Crippen molar-refractivity contribution in [2.45, 2.75) is 19.9 Å². The van der Waals surface area contributed by atoms with E-state index < -0.39 is 0 Å². The van der Waals surface area contributed by atoms with Gasteiger partial charge in [0.05, 0.1) is 13.2 Å². The van der Waals surface area contributed by atoms with E-state index in [1.54, 1.807) is 19.2 Å². The minimum absolute atomic E-state index is 0.0879. The number of para-hydroxylation sites is 1. The van der Waals surface area contributed by atoms with E-state index in [9.17, 15) is 4.79 Å². The number of nitrogens with one attached hydrogen (secondary N) is 1. The van der Waals surface area contributed by atoms with E-state index in [0.717, 1.165) is 17.1 Å². The van der Waals surface area contributed by atoms with Crippen LogP contribution in [0.15, 0.2) is 48.5 Å². The number of benzene rings is 2. The summed E-state index contributed by atoms with van der Waals surface area (Å²) in [5.41, 5.74) is 1.55. The van der Waals surface area contributed by atoms with Gasteiger partial charge in [-0.3, -0.25) is 4.79 Å². The molecular weight excluding hydrogens is 278 g/mol. The van der Waals surface area contributed by atoms with Crippen LogP contribution < -0.4 is 14.8 Å². The second kappa shape index (κ2) is 7.50. The van der Waals surface area contributed by atoms with Crippen LogP contribution in [0.4, 0.5) is 0 Å². The summed E-state index contributed by atoms with van der Waals surface area (Å²) in [5, 5.41) is 2.93. The number of carbonyl (C=O) groups excluding carboxylic acids is 1. The number of rotatable bonds is 6.